The van der Waals surface area contributed by atoms with Crippen molar-refractivity contribution in [1.29, 1.82) is 0 Å². The molecule has 0 radical (unpaired) electrons. The van der Waals surface area contributed by atoms with Crippen molar-refractivity contribution in [2.45, 2.75) is 18.9 Å². The van der Waals surface area contributed by atoms with Gasteiger partial charge in [-0.2, -0.15) is 0 Å². The van der Waals surface area contributed by atoms with E-state index in [0.29, 0.717) is 16.1 Å². The van der Waals surface area contributed by atoms with E-state index in [9.17, 15) is 0 Å². The number of hydrogen-bond acceptors (Lipinski definition) is 3. The smallest absolute Gasteiger partial charge is 0.0838 e. The van der Waals surface area contributed by atoms with Crippen LogP contribution in [-0.2, 0) is 0 Å². The second-order valence-electron chi connectivity index (χ2n) is 4.00. The fourth-order valence-electron chi connectivity index (χ4n) is 2.10. The normalized spacial score (nSPS) is 17.8. The Kier molecular flexibility index (Phi) is 3.90. The highest BCUT2D eigenvalue weighted by Crippen LogP contribution is 2.33. The molecule has 1 aromatic rings. The molecule has 0 aromatic carbocycles. The molecule has 0 bridgehead atoms. The van der Waals surface area contributed by atoms with Crippen LogP contribution in [-0.4, -0.2) is 31.2 Å². The van der Waals surface area contributed by atoms with Gasteiger partial charge in [0, 0.05) is 31.5 Å². The zero-order valence-electron chi connectivity index (χ0n) is 9.21. The summed E-state index contributed by atoms with van der Waals surface area (Å²) < 4.78 is 0. The third-order valence-electron chi connectivity index (χ3n) is 3.05. The van der Waals surface area contributed by atoms with Gasteiger partial charge in [-0.3, -0.25) is 4.98 Å². The largest absolute Gasteiger partial charge is 0.369 e. The molecule has 16 heavy (non-hydrogen) atoms. The molecule has 1 saturated heterocycles. The first-order valence-corrected chi connectivity index (χ1v) is 6.19. The van der Waals surface area contributed by atoms with Crippen LogP contribution in [0.3, 0.4) is 0 Å². The highest BCUT2D eigenvalue weighted by atomic mass is 35.5. The van der Waals surface area contributed by atoms with Gasteiger partial charge >= 0.3 is 0 Å². The van der Waals surface area contributed by atoms with Gasteiger partial charge in [-0.25, -0.2) is 0 Å². The molecule has 0 amide bonds. The summed E-state index contributed by atoms with van der Waals surface area (Å²) in [4.78, 5) is 6.20. The van der Waals surface area contributed by atoms with Crippen molar-refractivity contribution < 1.29 is 0 Å². The van der Waals surface area contributed by atoms with Gasteiger partial charge in [0.2, 0.25) is 0 Å². The van der Waals surface area contributed by atoms with E-state index in [0.717, 1.165) is 31.6 Å². The van der Waals surface area contributed by atoms with Gasteiger partial charge in [-0.1, -0.05) is 23.2 Å². The predicted octanol–water partition coefficient (Wildman–Crippen LogP) is 2.58. The lowest BCUT2D eigenvalue weighted by Crippen LogP contribution is -2.41. The van der Waals surface area contributed by atoms with E-state index >= 15 is 0 Å². The number of aromatic nitrogens is 1. The first-order chi connectivity index (χ1) is 7.72. The molecule has 2 rings (SSSR count). The molecule has 1 N–H and O–H groups in total. The molecule has 1 fully saturated rings. The van der Waals surface area contributed by atoms with Crippen molar-refractivity contribution in [2.75, 3.05) is 25.0 Å². The van der Waals surface area contributed by atoms with Crippen molar-refractivity contribution in [3.63, 3.8) is 0 Å². The lowest BCUT2D eigenvalue weighted by molar-refractivity contribution is 0.442. The number of nitrogens with one attached hydrogen (secondary N) is 1. The van der Waals surface area contributed by atoms with Gasteiger partial charge in [0.1, 0.15) is 0 Å². The molecule has 1 aromatic heterocycles. The van der Waals surface area contributed by atoms with Crippen molar-refractivity contribution in [3.8, 4) is 0 Å². The van der Waals surface area contributed by atoms with E-state index in [1.807, 2.05) is 7.05 Å². The Morgan fingerprint density at radius 2 is 1.81 bits per heavy atom. The molecule has 0 aliphatic carbocycles. The molecule has 5 heteroatoms. The van der Waals surface area contributed by atoms with E-state index in [1.165, 1.54) is 0 Å². The number of rotatable bonds is 2. The summed E-state index contributed by atoms with van der Waals surface area (Å²) in [5, 5.41) is 4.57. The van der Waals surface area contributed by atoms with Crippen LogP contribution >= 0.6 is 23.2 Å². The molecule has 0 atom stereocenters. The first kappa shape index (κ1) is 12.0. The SMILES string of the molecule is CNC1CCN(c2c(Cl)cncc2Cl)CC1. The Morgan fingerprint density at radius 1 is 1.25 bits per heavy atom. The Labute approximate surface area is 106 Å². The van der Waals surface area contributed by atoms with E-state index < -0.39 is 0 Å². The molecule has 3 nitrogen and oxygen atoms in total. The fraction of sp³-hybridized carbons (Fsp3) is 0.545. The third kappa shape index (κ3) is 2.42. The number of piperidine rings is 1. The second kappa shape index (κ2) is 5.21. The van der Waals surface area contributed by atoms with E-state index in [1.54, 1.807) is 12.4 Å². The molecule has 0 spiro atoms. The van der Waals surface area contributed by atoms with E-state index in [2.05, 4.69) is 15.2 Å². The second-order valence-corrected chi connectivity index (χ2v) is 4.82. The van der Waals surface area contributed by atoms with Crippen LogP contribution in [0.15, 0.2) is 12.4 Å². The minimum absolute atomic E-state index is 0.607. The van der Waals surface area contributed by atoms with Gasteiger partial charge in [0.05, 0.1) is 15.7 Å². The summed E-state index contributed by atoms with van der Waals surface area (Å²) in [5.74, 6) is 0. The third-order valence-corrected chi connectivity index (χ3v) is 3.60. The maximum absolute atomic E-state index is 6.13. The number of nitrogens with zero attached hydrogens (tertiary/aromatic N) is 2. The topological polar surface area (TPSA) is 28.2 Å². The van der Waals surface area contributed by atoms with Crippen LogP contribution in [0, 0.1) is 0 Å². The molecule has 1 aliphatic heterocycles. The van der Waals surface area contributed by atoms with E-state index in [-0.39, 0.29) is 0 Å². The summed E-state index contributed by atoms with van der Waals surface area (Å²) in [7, 11) is 2.01. The Balaban J connectivity index is 2.14. The molecule has 0 unspecified atom stereocenters. The Hall–Kier alpha value is -0.510. The van der Waals surface area contributed by atoms with Gasteiger partial charge in [0.25, 0.3) is 0 Å². The monoisotopic (exact) mass is 259 g/mol. The average Bonchev–Trinajstić information content (AvgIpc) is 2.30. The quantitative estimate of drug-likeness (QED) is 0.885. The average molecular weight is 260 g/mol. The summed E-state index contributed by atoms with van der Waals surface area (Å²) in [5.41, 5.74) is 0.924. The van der Waals surface area contributed by atoms with Crippen molar-refractivity contribution >= 4 is 28.9 Å². The van der Waals surface area contributed by atoms with Crippen LogP contribution in [0.2, 0.25) is 10.0 Å². The fourth-order valence-corrected chi connectivity index (χ4v) is 2.70. The lowest BCUT2D eigenvalue weighted by atomic mass is 10.0. The standard InChI is InChI=1S/C11H15Cl2N3/c1-14-8-2-4-16(5-3-8)11-9(12)6-15-7-10(11)13/h6-8,14H,2-5H2,1H3. The zero-order valence-corrected chi connectivity index (χ0v) is 10.7. The highest BCUT2D eigenvalue weighted by molar-refractivity contribution is 6.38. The summed E-state index contributed by atoms with van der Waals surface area (Å²) in [6.07, 6.45) is 5.52. The Bertz CT molecular complexity index is 342. The van der Waals surface area contributed by atoms with Gasteiger partial charge in [-0.15, -0.1) is 0 Å². The maximum Gasteiger partial charge on any atom is 0.0838 e. The van der Waals surface area contributed by atoms with Gasteiger partial charge in [0.15, 0.2) is 0 Å². The number of halogens is 2. The van der Waals surface area contributed by atoms with Crippen LogP contribution in [0.25, 0.3) is 0 Å². The van der Waals surface area contributed by atoms with Crippen molar-refractivity contribution in [3.05, 3.63) is 22.4 Å². The molecule has 2 heterocycles. The molecule has 1 aliphatic rings. The number of anilines is 1. The predicted molar refractivity (Wildman–Crippen MR) is 68.6 cm³/mol. The van der Waals surface area contributed by atoms with Gasteiger partial charge < -0.3 is 10.2 Å². The summed E-state index contributed by atoms with van der Waals surface area (Å²) in [6.45, 7) is 1.96. The minimum Gasteiger partial charge on any atom is -0.369 e. The molecular weight excluding hydrogens is 245 g/mol. The van der Waals surface area contributed by atoms with Crippen LogP contribution in [0.1, 0.15) is 12.8 Å². The number of pyridine rings is 1. The van der Waals surface area contributed by atoms with E-state index in [4.69, 9.17) is 23.2 Å². The Morgan fingerprint density at radius 3 is 2.31 bits per heavy atom. The maximum atomic E-state index is 6.13. The molecule has 88 valence electrons. The van der Waals surface area contributed by atoms with Crippen molar-refractivity contribution in [2.24, 2.45) is 0 Å². The highest BCUT2D eigenvalue weighted by Gasteiger charge is 2.21. The van der Waals surface area contributed by atoms with Crippen LogP contribution in [0.4, 0.5) is 5.69 Å². The summed E-state index contributed by atoms with van der Waals surface area (Å²) in [6, 6.07) is 0.607. The minimum atomic E-state index is 0.607. The zero-order chi connectivity index (χ0) is 11.5. The van der Waals surface area contributed by atoms with Gasteiger partial charge in [-0.05, 0) is 19.9 Å². The van der Waals surface area contributed by atoms with Crippen LogP contribution < -0.4 is 10.2 Å². The number of hydrogen-bond donors (Lipinski definition) is 1. The molecule has 0 saturated carbocycles. The molecular formula is C11H15Cl2N3. The lowest BCUT2D eigenvalue weighted by Gasteiger charge is -2.34. The first-order valence-electron chi connectivity index (χ1n) is 5.43. The summed E-state index contributed by atoms with van der Waals surface area (Å²) >= 11 is 12.3. The van der Waals surface area contributed by atoms with Crippen molar-refractivity contribution in [1.82, 2.24) is 10.3 Å². The van der Waals surface area contributed by atoms with Crippen LogP contribution in [0.5, 0.6) is 0 Å².